The van der Waals surface area contributed by atoms with Crippen molar-refractivity contribution in [3.63, 3.8) is 0 Å². The predicted octanol–water partition coefficient (Wildman–Crippen LogP) is 2.06. The minimum Gasteiger partial charge on any atom is -0.396 e. The van der Waals surface area contributed by atoms with Crippen LogP contribution in [0.1, 0.15) is 0 Å². The SMILES string of the molecule is Nc1cccnc1S(=O)CC(=O)Nc1cccc(Cl)c1. The molecule has 1 unspecified atom stereocenters. The van der Waals surface area contributed by atoms with Gasteiger partial charge in [-0.25, -0.2) is 4.98 Å². The molecule has 5 nitrogen and oxygen atoms in total. The molecular weight excluding hydrogens is 298 g/mol. The van der Waals surface area contributed by atoms with Crippen LogP contribution in [-0.2, 0) is 15.6 Å². The number of pyridine rings is 1. The zero-order valence-electron chi connectivity index (χ0n) is 10.4. The fraction of sp³-hybridized carbons (Fsp3) is 0.0769. The highest BCUT2D eigenvalue weighted by atomic mass is 35.5. The van der Waals surface area contributed by atoms with Crippen LogP contribution in [0.25, 0.3) is 0 Å². The van der Waals surface area contributed by atoms with Crippen LogP contribution in [0.4, 0.5) is 11.4 Å². The summed E-state index contributed by atoms with van der Waals surface area (Å²) in [4.78, 5) is 15.7. The number of carbonyl (C=O) groups excluding carboxylic acids is 1. The molecule has 0 aliphatic rings. The van der Waals surface area contributed by atoms with Crippen LogP contribution >= 0.6 is 11.6 Å². The van der Waals surface area contributed by atoms with Crippen molar-refractivity contribution in [1.29, 1.82) is 0 Å². The summed E-state index contributed by atoms with van der Waals surface area (Å²) in [5, 5.41) is 3.35. The molecule has 0 radical (unpaired) electrons. The van der Waals surface area contributed by atoms with Crippen molar-refractivity contribution in [2.75, 3.05) is 16.8 Å². The van der Waals surface area contributed by atoms with E-state index in [0.29, 0.717) is 16.4 Å². The molecule has 1 aromatic carbocycles. The molecule has 3 N–H and O–H groups in total. The Balaban J connectivity index is 2.02. The molecule has 0 saturated heterocycles. The van der Waals surface area contributed by atoms with E-state index in [4.69, 9.17) is 17.3 Å². The van der Waals surface area contributed by atoms with Crippen LogP contribution in [0, 0.1) is 0 Å². The Kier molecular flexibility index (Phi) is 4.70. The average Bonchev–Trinajstić information content (AvgIpc) is 2.38. The molecule has 1 aromatic heterocycles. The summed E-state index contributed by atoms with van der Waals surface area (Å²) >= 11 is 5.81. The second kappa shape index (κ2) is 6.49. The molecular formula is C13H12ClN3O2S. The number of nitrogen functional groups attached to an aromatic ring is 1. The number of nitrogens with two attached hydrogens (primary N) is 1. The van der Waals surface area contributed by atoms with Crippen LogP contribution in [0.5, 0.6) is 0 Å². The number of halogens is 1. The Bertz CT molecular complexity index is 664. The summed E-state index contributed by atoms with van der Waals surface area (Å²) in [6, 6.07) is 9.95. The van der Waals surface area contributed by atoms with Crippen LogP contribution < -0.4 is 11.1 Å². The normalized spacial score (nSPS) is 11.8. The number of amides is 1. The van der Waals surface area contributed by atoms with Crippen molar-refractivity contribution < 1.29 is 9.00 Å². The number of nitrogens with one attached hydrogen (secondary N) is 1. The van der Waals surface area contributed by atoms with Crippen molar-refractivity contribution in [3.05, 3.63) is 47.6 Å². The smallest absolute Gasteiger partial charge is 0.237 e. The molecule has 0 aliphatic carbocycles. The van der Waals surface area contributed by atoms with Gasteiger partial charge in [-0.2, -0.15) is 0 Å². The fourth-order valence-corrected chi connectivity index (χ4v) is 2.69. The van der Waals surface area contributed by atoms with Gasteiger partial charge in [-0.1, -0.05) is 17.7 Å². The number of benzene rings is 1. The summed E-state index contributed by atoms with van der Waals surface area (Å²) in [5.74, 6) is -0.607. The number of hydrogen-bond donors (Lipinski definition) is 2. The maximum absolute atomic E-state index is 12.0. The quantitative estimate of drug-likeness (QED) is 0.905. The van der Waals surface area contributed by atoms with Gasteiger partial charge in [0.1, 0.15) is 5.75 Å². The van der Waals surface area contributed by atoms with Crippen LogP contribution in [0.2, 0.25) is 5.02 Å². The van der Waals surface area contributed by atoms with E-state index in [1.807, 2.05) is 0 Å². The summed E-state index contributed by atoms with van der Waals surface area (Å²) in [7, 11) is -1.59. The highest BCUT2D eigenvalue weighted by molar-refractivity contribution is 7.85. The topological polar surface area (TPSA) is 85.1 Å². The lowest BCUT2D eigenvalue weighted by atomic mass is 10.3. The predicted molar refractivity (Wildman–Crippen MR) is 80.0 cm³/mol. The van der Waals surface area contributed by atoms with Gasteiger partial charge in [-0.3, -0.25) is 9.00 Å². The molecule has 7 heteroatoms. The first-order valence-corrected chi connectivity index (χ1v) is 7.40. The van der Waals surface area contributed by atoms with Crippen molar-refractivity contribution in [2.24, 2.45) is 0 Å². The van der Waals surface area contributed by atoms with Gasteiger partial charge in [0.05, 0.1) is 16.5 Å². The number of rotatable bonds is 4. The van der Waals surface area contributed by atoms with Crippen molar-refractivity contribution in [2.45, 2.75) is 5.03 Å². The fourth-order valence-electron chi connectivity index (χ4n) is 1.54. The van der Waals surface area contributed by atoms with Crippen LogP contribution in [0.15, 0.2) is 47.6 Å². The first-order chi connectivity index (χ1) is 9.56. The maximum Gasteiger partial charge on any atom is 0.237 e. The molecule has 104 valence electrons. The van der Waals surface area contributed by atoms with Gasteiger partial charge >= 0.3 is 0 Å². The van der Waals surface area contributed by atoms with Gasteiger partial charge < -0.3 is 11.1 Å². The van der Waals surface area contributed by atoms with Crippen LogP contribution in [0.3, 0.4) is 0 Å². The lowest BCUT2D eigenvalue weighted by molar-refractivity contribution is -0.113. The molecule has 20 heavy (non-hydrogen) atoms. The Morgan fingerprint density at radius 3 is 2.85 bits per heavy atom. The van der Waals surface area contributed by atoms with Crippen LogP contribution in [-0.4, -0.2) is 20.9 Å². The molecule has 1 heterocycles. The Morgan fingerprint density at radius 2 is 2.15 bits per heavy atom. The molecule has 0 aliphatic heterocycles. The van der Waals surface area contributed by atoms with E-state index in [1.54, 1.807) is 36.4 Å². The maximum atomic E-state index is 12.0. The van der Waals surface area contributed by atoms with E-state index in [9.17, 15) is 9.00 Å². The van der Waals surface area contributed by atoms with Gasteiger partial charge in [-0.15, -0.1) is 0 Å². The van der Waals surface area contributed by atoms with Gasteiger partial charge in [0.2, 0.25) is 5.91 Å². The monoisotopic (exact) mass is 309 g/mol. The van der Waals surface area contributed by atoms with E-state index in [-0.39, 0.29) is 10.8 Å². The van der Waals surface area contributed by atoms with Crippen molar-refractivity contribution >= 4 is 39.7 Å². The highest BCUT2D eigenvalue weighted by Crippen LogP contribution is 2.16. The highest BCUT2D eigenvalue weighted by Gasteiger charge is 2.14. The average molecular weight is 310 g/mol. The first kappa shape index (κ1) is 14.5. The molecule has 0 bridgehead atoms. The molecule has 2 rings (SSSR count). The summed E-state index contributed by atoms with van der Waals surface area (Å²) in [6.07, 6.45) is 1.48. The third-order valence-electron chi connectivity index (χ3n) is 2.39. The number of aromatic nitrogens is 1. The number of hydrogen-bond acceptors (Lipinski definition) is 4. The minimum atomic E-state index is -1.59. The van der Waals surface area contributed by atoms with E-state index in [0.717, 1.165) is 0 Å². The Labute approximate surface area is 123 Å². The molecule has 1 atom stereocenters. The standard InChI is InChI=1S/C13H12ClN3O2S/c14-9-3-1-4-10(7-9)17-12(18)8-20(19)13-11(15)5-2-6-16-13/h1-7H,8,15H2,(H,17,18). The zero-order chi connectivity index (χ0) is 14.5. The number of nitrogens with zero attached hydrogens (tertiary/aromatic N) is 1. The minimum absolute atomic E-state index is 0.215. The summed E-state index contributed by atoms with van der Waals surface area (Å²) in [6.45, 7) is 0. The second-order valence-electron chi connectivity index (χ2n) is 3.95. The second-order valence-corrected chi connectivity index (χ2v) is 5.75. The lowest BCUT2D eigenvalue weighted by Gasteiger charge is -2.06. The molecule has 0 saturated carbocycles. The lowest BCUT2D eigenvalue weighted by Crippen LogP contribution is -2.20. The molecule has 2 aromatic rings. The third-order valence-corrected chi connectivity index (χ3v) is 3.92. The third kappa shape index (κ3) is 3.79. The van der Waals surface area contributed by atoms with E-state index in [1.165, 1.54) is 6.20 Å². The Hall–Kier alpha value is -1.92. The summed E-state index contributed by atoms with van der Waals surface area (Å²) < 4.78 is 12.0. The van der Waals surface area contributed by atoms with E-state index in [2.05, 4.69) is 10.3 Å². The van der Waals surface area contributed by atoms with E-state index < -0.39 is 16.7 Å². The van der Waals surface area contributed by atoms with Gasteiger partial charge in [0.25, 0.3) is 0 Å². The first-order valence-electron chi connectivity index (χ1n) is 5.70. The molecule has 0 spiro atoms. The van der Waals surface area contributed by atoms with Crippen molar-refractivity contribution in [1.82, 2.24) is 4.98 Å². The van der Waals surface area contributed by atoms with Gasteiger partial charge in [0, 0.05) is 16.9 Å². The molecule has 0 fully saturated rings. The van der Waals surface area contributed by atoms with Gasteiger partial charge in [-0.05, 0) is 30.3 Å². The number of carbonyl (C=O) groups is 1. The number of anilines is 2. The Morgan fingerprint density at radius 1 is 1.35 bits per heavy atom. The van der Waals surface area contributed by atoms with E-state index >= 15 is 0 Å². The largest absolute Gasteiger partial charge is 0.396 e. The van der Waals surface area contributed by atoms with Gasteiger partial charge in [0.15, 0.2) is 5.03 Å². The van der Waals surface area contributed by atoms with Crippen molar-refractivity contribution in [3.8, 4) is 0 Å². The zero-order valence-corrected chi connectivity index (χ0v) is 11.9. The summed E-state index contributed by atoms with van der Waals surface area (Å²) in [5.41, 5.74) is 6.52. The molecule has 1 amide bonds.